The fourth-order valence-electron chi connectivity index (χ4n) is 1.81. The van der Waals surface area contributed by atoms with Gasteiger partial charge in [0, 0.05) is 19.1 Å². The van der Waals surface area contributed by atoms with E-state index in [-0.39, 0.29) is 10.6 Å². The molecule has 0 fully saturated rings. The largest absolute Gasteiger partial charge is 0.323 e. The molecule has 0 saturated heterocycles. The maximum atomic E-state index is 12.1. The van der Waals surface area contributed by atoms with Gasteiger partial charge in [0.05, 0.1) is 15.9 Å². The molecule has 1 aromatic heterocycles. The zero-order valence-electron chi connectivity index (χ0n) is 11.4. The lowest BCUT2D eigenvalue weighted by Gasteiger charge is -2.09. The topological polar surface area (TPSA) is 107 Å². The van der Waals surface area contributed by atoms with Crippen molar-refractivity contribution in [2.75, 3.05) is 13.1 Å². The predicted octanol–water partition coefficient (Wildman–Crippen LogP) is 0.132. The molecule has 8 heteroatoms. The quantitative estimate of drug-likeness (QED) is 0.569. The molecule has 1 aromatic carbocycles. The van der Waals surface area contributed by atoms with Gasteiger partial charge < -0.3 is 15.3 Å². The molecule has 20 heavy (non-hydrogen) atoms. The Labute approximate surface area is 116 Å². The molecule has 0 saturated carbocycles. The van der Waals surface area contributed by atoms with Gasteiger partial charge in [-0.05, 0) is 18.2 Å². The van der Waals surface area contributed by atoms with Crippen molar-refractivity contribution in [1.29, 1.82) is 0 Å². The fourth-order valence-corrected chi connectivity index (χ4v) is 2.87. The molecule has 110 valence electrons. The number of hydrogen-bond donors (Lipinski definition) is 4. The van der Waals surface area contributed by atoms with Crippen LogP contribution in [0.3, 0.4) is 0 Å². The first-order valence-electron chi connectivity index (χ1n) is 6.33. The molecule has 0 aliphatic heterocycles. The summed E-state index contributed by atoms with van der Waals surface area (Å²) < 4.78 is 26.7. The Hall–Kier alpha value is -1.64. The standard InChI is InChI=1S/C12H18N4O3S/c1-8(2)13-5-6-14-20(18,19)9-3-4-10-11(7-9)16-12(17)15-10/h3-4,7-8,13-14H,5-6H2,1-2H3,(H2,15,16,17). The van der Waals surface area contributed by atoms with Crippen LogP contribution in [0.25, 0.3) is 11.0 Å². The van der Waals surface area contributed by atoms with E-state index in [0.717, 1.165) is 0 Å². The van der Waals surface area contributed by atoms with Crippen LogP contribution in [-0.4, -0.2) is 37.5 Å². The molecule has 0 atom stereocenters. The average Bonchev–Trinajstić information content (AvgIpc) is 2.73. The zero-order valence-corrected chi connectivity index (χ0v) is 12.2. The van der Waals surface area contributed by atoms with Crippen molar-refractivity contribution < 1.29 is 8.42 Å². The van der Waals surface area contributed by atoms with E-state index >= 15 is 0 Å². The number of fused-ring (bicyclic) bond motifs is 1. The van der Waals surface area contributed by atoms with Crippen molar-refractivity contribution >= 4 is 21.1 Å². The predicted molar refractivity (Wildman–Crippen MR) is 77.2 cm³/mol. The highest BCUT2D eigenvalue weighted by molar-refractivity contribution is 7.89. The number of rotatable bonds is 6. The minimum Gasteiger partial charge on any atom is -0.313 e. The molecule has 7 nitrogen and oxygen atoms in total. The van der Waals surface area contributed by atoms with Gasteiger partial charge >= 0.3 is 5.69 Å². The van der Waals surface area contributed by atoms with E-state index in [2.05, 4.69) is 20.0 Å². The van der Waals surface area contributed by atoms with Crippen LogP contribution >= 0.6 is 0 Å². The molecular weight excluding hydrogens is 280 g/mol. The molecule has 0 bridgehead atoms. The molecule has 2 rings (SSSR count). The summed E-state index contributed by atoms with van der Waals surface area (Å²) in [5.74, 6) is 0. The molecule has 0 amide bonds. The van der Waals surface area contributed by atoms with Crippen LogP contribution in [0.15, 0.2) is 27.9 Å². The smallest absolute Gasteiger partial charge is 0.313 e. The molecule has 1 heterocycles. The second-order valence-electron chi connectivity index (χ2n) is 4.79. The molecule has 2 aromatic rings. The van der Waals surface area contributed by atoms with Crippen LogP contribution in [0.2, 0.25) is 0 Å². The molecule has 0 unspecified atom stereocenters. The summed E-state index contributed by atoms with van der Waals surface area (Å²) in [6, 6.07) is 4.77. The van der Waals surface area contributed by atoms with Gasteiger partial charge in [-0.15, -0.1) is 0 Å². The van der Waals surface area contributed by atoms with Gasteiger partial charge in [0.15, 0.2) is 0 Å². The molecule has 4 N–H and O–H groups in total. The highest BCUT2D eigenvalue weighted by Crippen LogP contribution is 2.14. The molecule has 0 spiro atoms. The molecule has 0 radical (unpaired) electrons. The van der Waals surface area contributed by atoms with Crippen molar-refractivity contribution in [2.24, 2.45) is 0 Å². The SMILES string of the molecule is CC(C)NCCNS(=O)(=O)c1ccc2[nH]c(=O)[nH]c2c1. The van der Waals surface area contributed by atoms with Crippen LogP contribution in [0.1, 0.15) is 13.8 Å². The Morgan fingerprint density at radius 1 is 1.15 bits per heavy atom. The molecular formula is C12H18N4O3S. The third kappa shape index (κ3) is 3.47. The van der Waals surface area contributed by atoms with E-state index in [1.165, 1.54) is 12.1 Å². The Balaban J connectivity index is 2.12. The highest BCUT2D eigenvalue weighted by atomic mass is 32.2. The van der Waals surface area contributed by atoms with Gasteiger partial charge in [0.25, 0.3) is 0 Å². The van der Waals surface area contributed by atoms with Crippen molar-refractivity contribution in [3.63, 3.8) is 0 Å². The van der Waals surface area contributed by atoms with Crippen LogP contribution < -0.4 is 15.7 Å². The van der Waals surface area contributed by atoms with E-state index < -0.39 is 10.0 Å². The minimum absolute atomic E-state index is 0.129. The lowest BCUT2D eigenvalue weighted by atomic mass is 10.3. The van der Waals surface area contributed by atoms with Crippen LogP contribution in [0.5, 0.6) is 0 Å². The number of H-pyrrole nitrogens is 2. The van der Waals surface area contributed by atoms with Gasteiger partial charge in [-0.3, -0.25) is 0 Å². The summed E-state index contributed by atoms with van der Waals surface area (Å²) in [6.07, 6.45) is 0. The number of sulfonamides is 1. The van der Waals surface area contributed by atoms with Gasteiger partial charge in [-0.1, -0.05) is 13.8 Å². The summed E-state index contributed by atoms with van der Waals surface area (Å²) in [5, 5.41) is 3.12. The molecule has 0 aliphatic rings. The second kappa shape index (κ2) is 5.78. The lowest BCUT2D eigenvalue weighted by molar-refractivity contribution is 0.560. The van der Waals surface area contributed by atoms with Gasteiger partial charge in [-0.25, -0.2) is 17.9 Å². The van der Waals surface area contributed by atoms with Crippen LogP contribution in [0, 0.1) is 0 Å². The average molecular weight is 298 g/mol. The van der Waals surface area contributed by atoms with E-state index in [9.17, 15) is 13.2 Å². The minimum atomic E-state index is -3.57. The van der Waals surface area contributed by atoms with Crippen molar-refractivity contribution in [2.45, 2.75) is 24.8 Å². The monoisotopic (exact) mass is 298 g/mol. The van der Waals surface area contributed by atoms with Crippen molar-refractivity contribution in [3.8, 4) is 0 Å². The number of hydrogen-bond acceptors (Lipinski definition) is 4. The van der Waals surface area contributed by atoms with E-state index in [1.54, 1.807) is 6.07 Å². The fraction of sp³-hybridized carbons (Fsp3) is 0.417. The third-order valence-electron chi connectivity index (χ3n) is 2.77. The highest BCUT2D eigenvalue weighted by Gasteiger charge is 2.14. The van der Waals surface area contributed by atoms with E-state index in [4.69, 9.17) is 0 Å². The van der Waals surface area contributed by atoms with Crippen molar-refractivity contribution in [1.82, 2.24) is 20.0 Å². The maximum Gasteiger partial charge on any atom is 0.323 e. The first-order valence-corrected chi connectivity index (χ1v) is 7.82. The first-order chi connectivity index (χ1) is 9.38. The van der Waals surface area contributed by atoms with Crippen LogP contribution in [0.4, 0.5) is 0 Å². The summed E-state index contributed by atoms with van der Waals surface area (Å²) in [7, 11) is -3.57. The van der Waals surface area contributed by atoms with Gasteiger partial charge in [0.1, 0.15) is 0 Å². The molecule has 0 aliphatic carbocycles. The van der Waals surface area contributed by atoms with E-state index in [1.807, 2.05) is 13.8 Å². The normalized spacial score (nSPS) is 12.3. The van der Waals surface area contributed by atoms with E-state index in [0.29, 0.717) is 30.2 Å². The van der Waals surface area contributed by atoms with Gasteiger partial charge in [-0.2, -0.15) is 0 Å². The maximum absolute atomic E-state index is 12.1. The summed E-state index contributed by atoms with van der Waals surface area (Å²) in [4.78, 5) is 16.4. The summed E-state index contributed by atoms with van der Waals surface area (Å²) in [5.41, 5.74) is 0.692. The Bertz CT molecular complexity index is 745. The number of imidazole rings is 1. The Morgan fingerprint density at radius 2 is 1.85 bits per heavy atom. The number of nitrogens with one attached hydrogen (secondary N) is 4. The third-order valence-corrected chi connectivity index (χ3v) is 4.23. The first kappa shape index (κ1) is 14.8. The summed E-state index contributed by atoms with van der Waals surface area (Å²) >= 11 is 0. The zero-order chi connectivity index (χ0) is 14.8. The summed E-state index contributed by atoms with van der Waals surface area (Å²) in [6.45, 7) is 4.84. The number of benzene rings is 1. The lowest BCUT2D eigenvalue weighted by Crippen LogP contribution is -2.34. The van der Waals surface area contributed by atoms with Crippen LogP contribution in [-0.2, 0) is 10.0 Å². The second-order valence-corrected chi connectivity index (χ2v) is 6.56. The Kier molecular flexibility index (Phi) is 4.26. The number of aromatic amines is 2. The van der Waals surface area contributed by atoms with Gasteiger partial charge in [0.2, 0.25) is 10.0 Å². The Morgan fingerprint density at radius 3 is 2.55 bits per heavy atom. The van der Waals surface area contributed by atoms with Crippen molar-refractivity contribution in [3.05, 3.63) is 28.7 Å². The number of aromatic nitrogens is 2.